The number of hydrogen-bond donors (Lipinski definition) is 1. The summed E-state index contributed by atoms with van der Waals surface area (Å²) in [4.78, 5) is 38.1. The second-order valence-corrected chi connectivity index (χ2v) is 3.94. The molecule has 1 N–H and O–H groups in total. The zero-order chi connectivity index (χ0) is 13.7. The van der Waals surface area contributed by atoms with Crippen LogP contribution in [0.5, 0.6) is 0 Å². The predicted molar refractivity (Wildman–Crippen MR) is 69.2 cm³/mol. The number of hydrogen-bond acceptors (Lipinski definition) is 4. The zero-order valence-corrected chi connectivity index (χ0v) is 10.00. The fraction of sp³-hybridized carbons (Fsp3) is 0.143. The van der Waals surface area contributed by atoms with Gasteiger partial charge in [0.1, 0.15) is 11.6 Å². The molecule has 1 atom stereocenters. The maximum atomic E-state index is 11.9. The molecule has 0 saturated heterocycles. The van der Waals surface area contributed by atoms with E-state index in [0.29, 0.717) is 5.56 Å². The summed E-state index contributed by atoms with van der Waals surface area (Å²) in [5.41, 5.74) is 0.567. The Morgan fingerprint density at radius 2 is 2.05 bits per heavy atom. The number of nitrogens with one attached hydrogen (secondary N) is 1. The fourth-order valence-corrected chi connectivity index (χ4v) is 1.67. The van der Waals surface area contributed by atoms with Crippen LogP contribution < -0.4 is 5.32 Å². The summed E-state index contributed by atoms with van der Waals surface area (Å²) in [5, 5.41) is 2.46. The molecule has 1 radical (unpaired) electrons. The van der Waals surface area contributed by atoms with Gasteiger partial charge in [-0.1, -0.05) is 30.3 Å². The number of amides is 1. The first-order valence-corrected chi connectivity index (χ1v) is 5.71. The van der Waals surface area contributed by atoms with E-state index in [4.69, 9.17) is 0 Å². The van der Waals surface area contributed by atoms with Crippen molar-refractivity contribution < 1.29 is 14.4 Å². The molecule has 1 aromatic rings. The van der Waals surface area contributed by atoms with Gasteiger partial charge in [0, 0.05) is 18.8 Å². The van der Waals surface area contributed by atoms with Crippen LogP contribution in [-0.4, -0.2) is 24.2 Å². The smallest absolute Gasteiger partial charge is 0.257 e. The Kier molecular flexibility index (Phi) is 3.97. The van der Waals surface area contributed by atoms with Crippen molar-refractivity contribution in [3.63, 3.8) is 0 Å². The Morgan fingerprint density at radius 3 is 2.68 bits per heavy atom. The van der Waals surface area contributed by atoms with Gasteiger partial charge in [-0.3, -0.25) is 19.4 Å². The minimum Gasteiger partial charge on any atom is -0.337 e. The molecule has 0 fully saturated rings. The molecular formula is C14H11N2O3. The number of aliphatic imine (C=N–C) groups is 1. The fourth-order valence-electron chi connectivity index (χ4n) is 1.67. The second-order valence-electron chi connectivity index (χ2n) is 3.94. The average molecular weight is 255 g/mol. The highest BCUT2D eigenvalue weighted by atomic mass is 16.2. The maximum Gasteiger partial charge on any atom is 0.257 e. The molecule has 95 valence electrons. The van der Waals surface area contributed by atoms with Crippen molar-refractivity contribution in [1.29, 1.82) is 0 Å². The first kappa shape index (κ1) is 12.9. The van der Waals surface area contributed by atoms with Gasteiger partial charge in [-0.25, -0.2) is 0 Å². The van der Waals surface area contributed by atoms with E-state index in [2.05, 4.69) is 10.3 Å². The monoisotopic (exact) mass is 255 g/mol. The third kappa shape index (κ3) is 3.01. The Balaban J connectivity index is 2.13. The first-order valence-electron chi connectivity index (χ1n) is 5.71. The standard InChI is InChI=1S/C14H11N2O3/c17-9-12(10-4-2-1-3-5-10)16-14(19)11-8-15-7-6-13(11)18/h1-5,7-8,12H,6H2,(H,16,19). The Bertz CT molecular complexity index is 561. The molecule has 1 aromatic carbocycles. The molecule has 19 heavy (non-hydrogen) atoms. The van der Waals surface area contributed by atoms with Gasteiger partial charge < -0.3 is 5.32 Å². The van der Waals surface area contributed by atoms with Gasteiger partial charge in [0.25, 0.3) is 5.91 Å². The molecule has 0 spiro atoms. The van der Waals surface area contributed by atoms with E-state index in [1.54, 1.807) is 36.6 Å². The van der Waals surface area contributed by atoms with Gasteiger partial charge in [0.15, 0.2) is 5.78 Å². The van der Waals surface area contributed by atoms with Crippen molar-refractivity contribution in [1.82, 2.24) is 5.32 Å². The van der Waals surface area contributed by atoms with Crippen LogP contribution in [-0.2, 0) is 14.4 Å². The van der Waals surface area contributed by atoms with Crippen LogP contribution in [0.25, 0.3) is 0 Å². The summed E-state index contributed by atoms with van der Waals surface area (Å²) < 4.78 is 0. The van der Waals surface area contributed by atoms with Crippen LogP contribution in [0.2, 0.25) is 0 Å². The number of carbonyl (C=O) groups excluding carboxylic acids is 3. The quantitative estimate of drug-likeness (QED) is 0.811. The Labute approximate surface area is 110 Å². The van der Waals surface area contributed by atoms with Gasteiger partial charge in [-0.05, 0) is 5.56 Å². The second kappa shape index (κ2) is 5.86. The lowest BCUT2D eigenvalue weighted by molar-refractivity contribution is -0.122. The normalized spacial score (nSPS) is 15.6. The van der Waals surface area contributed by atoms with Crippen LogP contribution in [0, 0.1) is 0 Å². The van der Waals surface area contributed by atoms with Crippen LogP contribution in [0.4, 0.5) is 0 Å². The first-order chi connectivity index (χ1) is 9.22. The lowest BCUT2D eigenvalue weighted by Crippen LogP contribution is -2.33. The minimum atomic E-state index is -0.895. The highest BCUT2D eigenvalue weighted by Gasteiger charge is 2.22. The molecule has 1 unspecified atom stereocenters. The lowest BCUT2D eigenvalue weighted by atomic mass is 10.1. The van der Waals surface area contributed by atoms with Gasteiger partial charge in [-0.2, -0.15) is 0 Å². The third-order valence-corrected chi connectivity index (χ3v) is 2.66. The molecule has 5 nitrogen and oxygen atoms in total. The molecule has 1 aliphatic heterocycles. The summed E-state index contributed by atoms with van der Waals surface area (Å²) in [7, 11) is 0. The van der Waals surface area contributed by atoms with Crippen LogP contribution in [0.15, 0.2) is 47.1 Å². The summed E-state index contributed by atoms with van der Waals surface area (Å²) in [6.45, 7) is 0. The molecule has 5 heteroatoms. The van der Waals surface area contributed by atoms with Gasteiger partial charge in [0.05, 0.1) is 0 Å². The van der Waals surface area contributed by atoms with E-state index in [1.807, 2.05) is 0 Å². The highest BCUT2D eigenvalue weighted by Crippen LogP contribution is 2.12. The molecule has 1 aliphatic rings. The summed E-state index contributed by atoms with van der Waals surface area (Å²) in [6.07, 6.45) is 4.47. The van der Waals surface area contributed by atoms with E-state index in [0.717, 1.165) is 0 Å². The van der Waals surface area contributed by atoms with E-state index >= 15 is 0 Å². The summed E-state index contributed by atoms with van der Waals surface area (Å²) in [6, 6.07) is 7.81. The molecular weight excluding hydrogens is 244 g/mol. The van der Waals surface area contributed by atoms with Crippen molar-refractivity contribution in [2.45, 2.75) is 12.5 Å². The highest BCUT2D eigenvalue weighted by molar-refractivity contribution is 6.23. The topological polar surface area (TPSA) is 75.6 Å². The van der Waals surface area contributed by atoms with Crippen LogP contribution >= 0.6 is 0 Å². The average Bonchev–Trinajstić information content (AvgIpc) is 2.46. The minimum absolute atomic E-state index is 0.0429. The SMILES string of the molecule is O=[C]C(NC(=O)C1=CN=CCC1=O)c1ccccc1. The number of benzene rings is 1. The molecule has 0 aliphatic carbocycles. The molecule has 2 rings (SSSR count). The molecule has 0 bridgehead atoms. The van der Waals surface area contributed by atoms with Crippen molar-refractivity contribution >= 4 is 24.2 Å². The van der Waals surface area contributed by atoms with Gasteiger partial charge >= 0.3 is 0 Å². The number of nitrogens with zero attached hydrogens (tertiary/aromatic N) is 1. The molecule has 1 heterocycles. The van der Waals surface area contributed by atoms with Crippen LogP contribution in [0.1, 0.15) is 18.0 Å². The Morgan fingerprint density at radius 1 is 1.32 bits per heavy atom. The third-order valence-electron chi connectivity index (χ3n) is 2.66. The predicted octanol–water partition coefficient (Wildman–Crippen LogP) is 0.881. The molecule has 1 amide bonds. The van der Waals surface area contributed by atoms with Crippen molar-refractivity contribution in [3.05, 3.63) is 47.7 Å². The summed E-state index contributed by atoms with van der Waals surface area (Å²) >= 11 is 0. The zero-order valence-electron chi connectivity index (χ0n) is 10.00. The van der Waals surface area contributed by atoms with E-state index < -0.39 is 11.9 Å². The van der Waals surface area contributed by atoms with Crippen LogP contribution in [0.3, 0.4) is 0 Å². The number of carbonyl (C=O) groups is 2. The van der Waals surface area contributed by atoms with Crippen molar-refractivity contribution in [3.8, 4) is 0 Å². The number of rotatable bonds is 4. The van der Waals surface area contributed by atoms with Gasteiger partial charge in [0.2, 0.25) is 6.29 Å². The van der Waals surface area contributed by atoms with Crippen molar-refractivity contribution in [2.75, 3.05) is 0 Å². The number of Topliss-reactive ketones (excluding diaryl/α,β-unsaturated/α-hetero) is 1. The van der Waals surface area contributed by atoms with Gasteiger partial charge in [-0.15, -0.1) is 0 Å². The maximum absolute atomic E-state index is 11.9. The summed E-state index contributed by atoms with van der Waals surface area (Å²) in [5.74, 6) is -0.927. The largest absolute Gasteiger partial charge is 0.337 e. The number of ketones is 1. The molecule has 0 aromatic heterocycles. The van der Waals surface area contributed by atoms with E-state index in [9.17, 15) is 14.4 Å². The van der Waals surface area contributed by atoms with E-state index in [1.165, 1.54) is 12.4 Å². The molecule has 0 saturated carbocycles. The van der Waals surface area contributed by atoms with E-state index in [-0.39, 0.29) is 17.8 Å². The van der Waals surface area contributed by atoms with Crippen molar-refractivity contribution in [2.24, 2.45) is 4.99 Å². The lowest BCUT2D eigenvalue weighted by Gasteiger charge is -2.14. The Hall–Kier alpha value is -2.56.